The van der Waals surface area contributed by atoms with Gasteiger partial charge in [0.15, 0.2) is 0 Å². The first-order valence-electron chi connectivity index (χ1n) is 4.02. The summed E-state index contributed by atoms with van der Waals surface area (Å²) in [5.41, 5.74) is 5.00. The van der Waals surface area contributed by atoms with Crippen LogP contribution in [0.1, 0.15) is 6.92 Å². The van der Waals surface area contributed by atoms with Crippen molar-refractivity contribution in [2.45, 2.75) is 19.0 Å². The Hall–Kier alpha value is -0.750. The minimum absolute atomic E-state index is 0.156. The smallest absolute Gasteiger partial charge is 0.239 e. The number of nitrogens with one attached hydrogen (secondary N) is 2. The summed E-state index contributed by atoms with van der Waals surface area (Å²) in [5.74, 6) is 0.857. The maximum absolute atomic E-state index is 11.4. The van der Waals surface area contributed by atoms with Gasteiger partial charge in [0.2, 0.25) is 11.8 Å². The van der Waals surface area contributed by atoms with Crippen LogP contribution in [0.4, 0.5) is 0 Å². The second-order valence-corrected chi connectivity index (χ2v) is 3.93. The SMILES string of the molecule is C[C@H](NC(=O)[C@H]1CSCN1)C(N)=O. The highest BCUT2D eigenvalue weighted by molar-refractivity contribution is 7.99. The Kier molecular flexibility index (Phi) is 3.56. The molecule has 1 aliphatic rings. The van der Waals surface area contributed by atoms with Gasteiger partial charge in [0.25, 0.3) is 0 Å². The Morgan fingerprint density at radius 2 is 2.38 bits per heavy atom. The highest BCUT2D eigenvalue weighted by Gasteiger charge is 2.24. The van der Waals surface area contributed by atoms with Gasteiger partial charge in [-0.1, -0.05) is 0 Å². The lowest BCUT2D eigenvalue weighted by Gasteiger charge is -2.13. The van der Waals surface area contributed by atoms with Crippen LogP contribution in [0, 0.1) is 0 Å². The van der Waals surface area contributed by atoms with E-state index in [2.05, 4.69) is 10.6 Å². The lowest BCUT2D eigenvalue weighted by atomic mass is 10.2. The van der Waals surface area contributed by atoms with Crippen molar-refractivity contribution in [3.05, 3.63) is 0 Å². The molecular weight excluding hydrogens is 190 g/mol. The Balaban J connectivity index is 2.35. The number of thioether (sulfide) groups is 1. The predicted molar refractivity (Wildman–Crippen MR) is 51.0 cm³/mol. The first kappa shape index (κ1) is 10.3. The molecule has 1 saturated heterocycles. The molecule has 0 unspecified atom stereocenters. The molecule has 0 radical (unpaired) electrons. The zero-order valence-corrected chi connectivity index (χ0v) is 8.19. The molecule has 2 atom stereocenters. The number of amides is 2. The topological polar surface area (TPSA) is 84.2 Å². The van der Waals surface area contributed by atoms with Gasteiger partial charge in [0.1, 0.15) is 6.04 Å². The lowest BCUT2D eigenvalue weighted by molar-refractivity contribution is -0.127. The Morgan fingerprint density at radius 3 is 2.85 bits per heavy atom. The zero-order valence-electron chi connectivity index (χ0n) is 7.37. The highest BCUT2D eigenvalue weighted by Crippen LogP contribution is 2.09. The second kappa shape index (κ2) is 4.48. The molecule has 74 valence electrons. The lowest BCUT2D eigenvalue weighted by Crippen LogP contribution is -2.49. The van der Waals surface area contributed by atoms with Crippen LogP contribution in [0.2, 0.25) is 0 Å². The molecular formula is C7H13N3O2S. The quantitative estimate of drug-likeness (QED) is 0.529. The third kappa shape index (κ3) is 2.89. The van der Waals surface area contributed by atoms with Crippen molar-refractivity contribution >= 4 is 23.6 Å². The molecule has 0 aromatic rings. The fourth-order valence-electron chi connectivity index (χ4n) is 0.949. The largest absolute Gasteiger partial charge is 0.368 e. The minimum atomic E-state index is -0.597. The van der Waals surface area contributed by atoms with Crippen molar-refractivity contribution < 1.29 is 9.59 Å². The number of primary amides is 1. The Bertz CT molecular complexity index is 216. The molecule has 6 heteroatoms. The van der Waals surface area contributed by atoms with E-state index in [1.165, 1.54) is 0 Å². The summed E-state index contributed by atoms with van der Waals surface area (Å²) < 4.78 is 0. The first-order chi connectivity index (χ1) is 6.11. The zero-order chi connectivity index (χ0) is 9.84. The molecule has 4 N–H and O–H groups in total. The van der Waals surface area contributed by atoms with Gasteiger partial charge < -0.3 is 11.1 Å². The number of hydrogen-bond donors (Lipinski definition) is 3. The molecule has 1 heterocycles. The van der Waals surface area contributed by atoms with Crippen molar-refractivity contribution in [1.29, 1.82) is 0 Å². The molecule has 1 fully saturated rings. The van der Waals surface area contributed by atoms with Crippen LogP contribution in [0.5, 0.6) is 0 Å². The van der Waals surface area contributed by atoms with E-state index in [1.807, 2.05) is 0 Å². The van der Waals surface area contributed by atoms with Gasteiger partial charge in [0.05, 0.1) is 6.04 Å². The minimum Gasteiger partial charge on any atom is -0.368 e. The predicted octanol–water partition coefficient (Wildman–Crippen LogP) is -1.36. The molecule has 1 rings (SSSR count). The number of hydrogen-bond acceptors (Lipinski definition) is 4. The second-order valence-electron chi connectivity index (χ2n) is 2.90. The van der Waals surface area contributed by atoms with Crippen molar-refractivity contribution in [2.24, 2.45) is 5.73 Å². The van der Waals surface area contributed by atoms with E-state index in [1.54, 1.807) is 18.7 Å². The molecule has 5 nitrogen and oxygen atoms in total. The highest BCUT2D eigenvalue weighted by atomic mass is 32.2. The molecule has 1 aliphatic heterocycles. The average molecular weight is 203 g/mol. The summed E-state index contributed by atoms with van der Waals surface area (Å²) in [6, 6.07) is -0.785. The van der Waals surface area contributed by atoms with Gasteiger partial charge in [-0.05, 0) is 6.92 Å². The van der Waals surface area contributed by atoms with Gasteiger partial charge in [0, 0.05) is 11.6 Å². The van der Waals surface area contributed by atoms with E-state index >= 15 is 0 Å². The molecule has 0 aliphatic carbocycles. The average Bonchev–Trinajstić information content (AvgIpc) is 2.55. The van der Waals surface area contributed by atoms with Gasteiger partial charge in [-0.25, -0.2) is 0 Å². The molecule has 0 spiro atoms. The summed E-state index contributed by atoms with van der Waals surface area (Å²) in [7, 11) is 0. The van der Waals surface area contributed by atoms with E-state index < -0.39 is 11.9 Å². The van der Waals surface area contributed by atoms with Crippen molar-refractivity contribution in [1.82, 2.24) is 10.6 Å². The summed E-state index contributed by atoms with van der Waals surface area (Å²) >= 11 is 1.66. The number of carbonyl (C=O) groups is 2. The van der Waals surface area contributed by atoms with Gasteiger partial charge in [-0.2, -0.15) is 0 Å². The van der Waals surface area contributed by atoms with Crippen LogP contribution in [-0.2, 0) is 9.59 Å². The standard InChI is InChI=1S/C7H13N3O2S/c1-4(6(8)11)10-7(12)5-2-13-3-9-5/h4-5,9H,2-3H2,1H3,(H2,8,11)(H,10,12)/t4-,5+/m0/s1. The third-order valence-electron chi connectivity index (χ3n) is 1.82. The van der Waals surface area contributed by atoms with Crippen LogP contribution in [-0.4, -0.2) is 35.5 Å². The molecule has 13 heavy (non-hydrogen) atoms. The maximum Gasteiger partial charge on any atom is 0.239 e. The fraction of sp³-hybridized carbons (Fsp3) is 0.714. The maximum atomic E-state index is 11.4. The molecule has 0 aromatic heterocycles. The number of carbonyl (C=O) groups excluding carboxylic acids is 2. The summed E-state index contributed by atoms with van der Waals surface area (Å²) in [5, 5.41) is 5.53. The normalized spacial score (nSPS) is 23.9. The van der Waals surface area contributed by atoms with E-state index in [0.29, 0.717) is 0 Å². The number of rotatable bonds is 3. The van der Waals surface area contributed by atoms with Crippen molar-refractivity contribution in [3.8, 4) is 0 Å². The molecule has 0 bridgehead atoms. The summed E-state index contributed by atoms with van der Waals surface area (Å²) in [6.07, 6.45) is 0. The molecule has 0 aromatic carbocycles. The fourth-order valence-corrected chi connectivity index (χ4v) is 1.89. The summed E-state index contributed by atoms with van der Waals surface area (Å²) in [6.45, 7) is 1.57. The van der Waals surface area contributed by atoms with E-state index in [4.69, 9.17) is 5.73 Å². The third-order valence-corrected chi connectivity index (χ3v) is 2.76. The van der Waals surface area contributed by atoms with E-state index in [0.717, 1.165) is 11.6 Å². The van der Waals surface area contributed by atoms with E-state index in [-0.39, 0.29) is 11.9 Å². The first-order valence-corrected chi connectivity index (χ1v) is 5.17. The molecule has 2 amide bonds. The van der Waals surface area contributed by atoms with Gasteiger partial charge in [-0.3, -0.25) is 14.9 Å². The van der Waals surface area contributed by atoms with Crippen LogP contribution in [0.3, 0.4) is 0 Å². The van der Waals surface area contributed by atoms with Crippen LogP contribution < -0.4 is 16.4 Å². The van der Waals surface area contributed by atoms with Crippen LogP contribution in [0.15, 0.2) is 0 Å². The van der Waals surface area contributed by atoms with Crippen LogP contribution in [0.25, 0.3) is 0 Å². The van der Waals surface area contributed by atoms with Crippen molar-refractivity contribution in [3.63, 3.8) is 0 Å². The Morgan fingerprint density at radius 1 is 1.69 bits per heavy atom. The Labute approximate surface area is 80.8 Å². The summed E-state index contributed by atoms with van der Waals surface area (Å²) in [4.78, 5) is 22.0. The van der Waals surface area contributed by atoms with Crippen molar-refractivity contribution in [2.75, 3.05) is 11.6 Å². The van der Waals surface area contributed by atoms with Crippen LogP contribution >= 0.6 is 11.8 Å². The van der Waals surface area contributed by atoms with Gasteiger partial charge in [-0.15, -0.1) is 11.8 Å². The monoisotopic (exact) mass is 203 g/mol. The van der Waals surface area contributed by atoms with Gasteiger partial charge >= 0.3 is 0 Å². The van der Waals surface area contributed by atoms with E-state index in [9.17, 15) is 9.59 Å². The molecule has 0 saturated carbocycles. The number of nitrogens with two attached hydrogens (primary N) is 1.